The number of hydrogen-bond donors (Lipinski definition) is 0. The van der Waals surface area contributed by atoms with Gasteiger partial charge in [0.15, 0.2) is 11.7 Å². The number of alkyl halides is 2. The number of halogens is 2. The summed E-state index contributed by atoms with van der Waals surface area (Å²) in [7, 11) is 0. The molecule has 0 aromatic rings. The molecule has 0 amide bonds. The van der Waals surface area contributed by atoms with E-state index in [9.17, 15) is 9.59 Å². The molecule has 0 spiro atoms. The summed E-state index contributed by atoms with van der Waals surface area (Å²) in [5.41, 5.74) is -0.772. The zero-order chi connectivity index (χ0) is 12.3. The molecular weight excluding hydrogens is 259 g/mol. The van der Waals surface area contributed by atoms with Crippen LogP contribution in [0.15, 0.2) is 0 Å². The third kappa shape index (κ3) is 3.50. The molecule has 7 heteroatoms. The van der Waals surface area contributed by atoms with Crippen LogP contribution in [0.3, 0.4) is 0 Å². The van der Waals surface area contributed by atoms with Crippen LogP contribution in [0.5, 0.6) is 0 Å². The lowest BCUT2D eigenvalue weighted by molar-refractivity contribution is -0.154. The maximum Gasteiger partial charge on any atom is 0.303 e. The monoisotopic (exact) mass is 270 g/mol. The second-order valence-corrected chi connectivity index (χ2v) is 4.28. The van der Waals surface area contributed by atoms with Crippen molar-refractivity contribution in [2.75, 3.05) is 6.61 Å². The SMILES string of the molecule is CC(=O)OC[C@H]1O[C@H](Cl)[C@@H](Cl)[C@@H]1OC(C)=O. The van der Waals surface area contributed by atoms with Gasteiger partial charge >= 0.3 is 11.9 Å². The van der Waals surface area contributed by atoms with E-state index in [1.165, 1.54) is 13.8 Å². The van der Waals surface area contributed by atoms with Crippen molar-refractivity contribution in [1.82, 2.24) is 0 Å². The summed E-state index contributed by atoms with van der Waals surface area (Å²) < 4.78 is 14.9. The van der Waals surface area contributed by atoms with E-state index in [0.717, 1.165) is 0 Å². The van der Waals surface area contributed by atoms with Gasteiger partial charge in [-0.2, -0.15) is 0 Å². The van der Waals surface area contributed by atoms with Crippen LogP contribution in [-0.4, -0.2) is 41.7 Å². The van der Waals surface area contributed by atoms with Crippen LogP contribution < -0.4 is 0 Å². The number of hydrogen-bond acceptors (Lipinski definition) is 5. The van der Waals surface area contributed by atoms with Crippen LogP contribution in [-0.2, 0) is 23.8 Å². The summed E-state index contributed by atoms with van der Waals surface area (Å²) in [6, 6.07) is 0. The van der Waals surface area contributed by atoms with Gasteiger partial charge in [-0.25, -0.2) is 0 Å². The molecule has 0 saturated carbocycles. The Morgan fingerprint density at radius 1 is 1.25 bits per heavy atom. The molecule has 16 heavy (non-hydrogen) atoms. The minimum Gasteiger partial charge on any atom is -0.463 e. The van der Waals surface area contributed by atoms with Gasteiger partial charge in [0, 0.05) is 13.8 Å². The van der Waals surface area contributed by atoms with E-state index in [4.69, 9.17) is 37.4 Å². The van der Waals surface area contributed by atoms with Crippen molar-refractivity contribution in [2.45, 2.75) is 37.0 Å². The van der Waals surface area contributed by atoms with Crippen molar-refractivity contribution < 1.29 is 23.8 Å². The summed E-state index contributed by atoms with van der Waals surface area (Å²) in [5.74, 6) is -0.938. The number of esters is 2. The molecule has 1 fully saturated rings. The molecule has 0 unspecified atom stereocenters. The molecule has 0 aromatic carbocycles. The van der Waals surface area contributed by atoms with Gasteiger partial charge in [-0.05, 0) is 0 Å². The Bertz CT molecular complexity index is 283. The van der Waals surface area contributed by atoms with Gasteiger partial charge in [-0.15, -0.1) is 11.6 Å². The molecule has 4 atom stereocenters. The van der Waals surface area contributed by atoms with Crippen LogP contribution >= 0.6 is 23.2 Å². The third-order valence-corrected chi connectivity index (χ3v) is 2.97. The molecule has 5 nitrogen and oxygen atoms in total. The van der Waals surface area contributed by atoms with Gasteiger partial charge in [-0.3, -0.25) is 9.59 Å². The Morgan fingerprint density at radius 2 is 1.88 bits per heavy atom. The lowest BCUT2D eigenvalue weighted by Gasteiger charge is -2.18. The van der Waals surface area contributed by atoms with Gasteiger partial charge in [0.2, 0.25) is 0 Å². The first-order valence-electron chi connectivity index (χ1n) is 4.66. The molecule has 1 aliphatic heterocycles. The molecule has 1 heterocycles. The Balaban J connectivity index is 2.59. The van der Waals surface area contributed by atoms with E-state index in [2.05, 4.69) is 0 Å². The van der Waals surface area contributed by atoms with Crippen molar-refractivity contribution in [3.8, 4) is 0 Å². The molecule has 92 valence electrons. The van der Waals surface area contributed by atoms with Gasteiger partial charge in [0.05, 0.1) is 0 Å². The van der Waals surface area contributed by atoms with Crippen LogP contribution in [0.2, 0.25) is 0 Å². The van der Waals surface area contributed by atoms with Crippen LogP contribution in [0.1, 0.15) is 13.8 Å². The normalized spacial score (nSPS) is 33.5. The maximum atomic E-state index is 10.8. The van der Waals surface area contributed by atoms with E-state index in [-0.39, 0.29) is 6.61 Å². The highest BCUT2D eigenvalue weighted by atomic mass is 35.5. The molecule has 0 aliphatic carbocycles. The van der Waals surface area contributed by atoms with Crippen molar-refractivity contribution in [2.24, 2.45) is 0 Å². The predicted octanol–water partition coefficient (Wildman–Crippen LogP) is 1.05. The molecule has 0 aromatic heterocycles. The van der Waals surface area contributed by atoms with Gasteiger partial charge in [-0.1, -0.05) is 11.6 Å². The second kappa shape index (κ2) is 5.70. The van der Waals surface area contributed by atoms with Gasteiger partial charge < -0.3 is 14.2 Å². The molecule has 0 N–H and O–H groups in total. The Kier molecular flexibility index (Phi) is 4.83. The Hall–Kier alpha value is -0.520. The van der Waals surface area contributed by atoms with Crippen molar-refractivity contribution in [3.05, 3.63) is 0 Å². The first-order valence-corrected chi connectivity index (χ1v) is 5.53. The van der Waals surface area contributed by atoms with Crippen LogP contribution in [0.25, 0.3) is 0 Å². The fourth-order valence-electron chi connectivity index (χ4n) is 1.34. The molecule has 1 aliphatic rings. The van der Waals surface area contributed by atoms with E-state index < -0.39 is 35.1 Å². The number of carbonyl (C=O) groups excluding carboxylic acids is 2. The molecule has 0 bridgehead atoms. The molecular formula is C9H12Cl2O5. The number of carbonyl (C=O) groups is 2. The summed E-state index contributed by atoms with van der Waals surface area (Å²) in [6.45, 7) is 2.49. The van der Waals surface area contributed by atoms with E-state index in [1.807, 2.05) is 0 Å². The summed E-state index contributed by atoms with van der Waals surface area (Å²) in [6.07, 6.45) is -1.33. The highest BCUT2D eigenvalue weighted by Crippen LogP contribution is 2.30. The first-order chi connectivity index (χ1) is 7.41. The van der Waals surface area contributed by atoms with Crippen molar-refractivity contribution >= 4 is 35.1 Å². The van der Waals surface area contributed by atoms with Gasteiger partial charge in [0.1, 0.15) is 18.1 Å². The number of ether oxygens (including phenoxy) is 3. The standard InChI is InChI=1S/C9H12Cl2O5/c1-4(12)14-3-6-8(15-5(2)13)7(10)9(11)16-6/h6-9H,3H2,1-2H3/t6-,7+,8-,9+/m1/s1. The zero-order valence-corrected chi connectivity index (χ0v) is 10.3. The summed E-state index contributed by atoms with van der Waals surface area (Å²) >= 11 is 11.7. The summed E-state index contributed by atoms with van der Waals surface area (Å²) in [4.78, 5) is 21.5. The molecule has 0 radical (unpaired) electrons. The minimum atomic E-state index is -0.772. The van der Waals surface area contributed by atoms with E-state index in [1.54, 1.807) is 0 Å². The minimum absolute atomic E-state index is 0.0419. The first kappa shape index (κ1) is 13.5. The van der Waals surface area contributed by atoms with Crippen molar-refractivity contribution in [1.29, 1.82) is 0 Å². The lowest BCUT2D eigenvalue weighted by Crippen LogP contribution is -2.35. The maximum absolute atomic E-state index is 10.8. The fraction of sp³-hybridized carbons (Fsp3) is 0.778. The lowest BCUT2D eigenvalue weighted by atomic mass is 10.2. The van der Waals surface area contributed by atoms with E-state index in [0.29, 0.717) is 0 Å². The fourth-order valence-corrected chi connectivity index (χ4v) is 1.89. The topological polar surface area (TPSA) is 61.8 Å². The average molecular weight is 271 g/mol. The summed E-state index contributed by atoms with van der Waals surface area (Å²) in [5, 5.41) is -0.661. The Labute approximate surface area is 103 Å². The average Bonchev–Trinajstić information content (AvgIpc) is 2.42. The quantitative estimate of drug-likeness (QED) is 0.567. The highest BCUT2D eigenvalue weighted by molar-refractivity contribution is 6.30. The van der Waals surface area contributed by atoms with Gasteiger partial charge in [0.25, 0.3) is 0 Å². The highest BCUT2D eigenvalue weighted by Gasteiger charge is 2.45. The largest absolute Gasteiger partial charge is 0.463 e. The number of rotatable bonds is 3. The van der Waals surface area contributed by atoms with E-state index >= 15 is 0 Å². The zero-order valence-electron chi connectivity index (χ0n) is 8.81. The smallest absolute Gasteiger partial charge is 0.303 e. The third-order valence-electron chi connectivity index (χ3n) is 1.99. The molecule has 1 rings (SSSR count). The predicted molar refractivity (Wildman–Crippen MR) is 56.3 cm³/mol. The molecule has 1 saturated heterocycles. The second-order valence-electron chi connectivity index (χ2n) is 3.35. The van der Waals surface area contributed by atoms with Crippen molar-refractivity contribution in [3.63, 3.8) is 0 Å². The van der Waals surface area contributed by atoms with Crippen LogP contribution in [0.4, 0.5) is 0 Å². The Morgan fingerprint density at radius 3 is 2.38 bits per heavy atom. The van der Waals surface area contributed by atoms with Crippen LogP contribution in [0, 0.1) is 0 Å².